The van der Waals surface area contributed by atoms with E-state index in [0.717, 1.165) is 31.5 Å². The van der Waals surface area contributed by atoms with Gasteiger partial charge in [0.15, 0.2) is 0 Å². The minimum atomic E-state index is -0.428. The van der Waals surface area contributed by atoms with E-state index in [1.54, 1.807) is 0 Å². The smallest absolute Gasteiger partial charge is 0.400 e. The van der Waals surface area contributed by atoms with Gasteiger partial charge in [0.25, 0.3) is 0 Å². The lowest BCUT2D eigenvalue weighted by molar-refractivity contribution is -0.151. The van der Waals surface area contributed by atoms with E-state index >= 15 is 0 Å². The van der Waals surface area contributed by atoms with Gasteiger partial charge < -0.3 is 9.31 Å². The molecular weight excluding hydrogens is 441 g/mol. The standard InChI is InChI=1S/C32H32BNO2/c1-25-17-19-29(20-18-25)33-35-31(27-13-7-3-8-14-27)30-24-34(23-26-11-5-2-6-12-26)22-21-32(30,36-33)28-15-9-4-10-16-28/h2-20,30-31H,21-24H2,1H3. The first-order valence-electron chi connectivity index (χ1n) is 13.0. The molecule has 180 valence electrons. The molecule has 4 aromatic rings. The molecule has 0 aliphatic carbocycles. The van der Waals surface area contributed by atoms with Crippen LogP contribution in [0.2, 0.25) is 0 Å². The summed E-state index contributed by atoms with van der Waals surface area (Å²) in [6, 6.07) is 40.9. The van der Waals surface area contributed by atoms with Crippen molar-refractivity contribution in [1.29, 1.82) is 0 Å². The molecule has 0 radical (unpaired) electrons. The van der Waals surface area contributed by atoms with Crippen LogP contribution >= 0.6 is 0 Å². The number of aryl methyl sites for hydroxylation is 1. The maximum atomic E-state index is 7.09. The Balaban J connectivity index is 1.42. The molecule has 0 spiro atoms. The van der Waals surface area contributed by atoms with E-state index in [-0.39, 0.29) is 12.0 Å². The van der Waals surface area contributed by atoms with Crippen LogP contribution in [0.5, 0.6) is 0 Å². The van der Waals surface area contributed by atoms with Gasteiger partial charge in [-0.15, -0.1) is 0 Å². The number of hydrogen-bond donors (Lipinski definition) is 0. The lowest BCUT2D eigenvalue weighted by Gasteiger charge is -2.55. The molecule has 3 atom stereocenters. The van der Waals surface area contributed by atoms with Gasteiger partial charge in [-0.3, -0.25) is 4.90 Å². The third-order valence-corrected chi connectivity index (χ3v) is 7.80. The molecule has 4 heteroatoms. The van der Waals surface area contributed by atoms with Gasteiger partial charge in [0.05, 0.1) is 11.7 Å². The first-order chi connectivity index (χ1) is 17.7. The van der Waals surface area contributed by atoms with Crippen molar-refractivity contribution >= 4 is 12.6 Å². The summed E-state index contributed by atoms with van der Waals surface area (Å²) in [5, 5.41) is 0. The molecule has 4 aromatic carbocycles. The van der Waals surface area contributed by atoms with Gasteiger partial charge in [0.2, 0.25) is 0 Å². The van der Waals surface area contributed by atoms with Crippen molar-refractivity contribution in [2.24, 2.45) is 5.92 Å². The SMILES string of the molecule is Cc1ccc(B2OC(c3ccccc3)C3CN(Cc4ccccc4)CCC3(c3ccccc3)O2)cc1. The molecule has 0 aromatic heterocycles. The van der Waals surface area contributed by atoms with Gasteiger partial charge in [0, 0.05) is 25.6 Å². The van der Waals surface area contributed by atoms with Crippen LogP contribution in [-0.2, 0) is 21.5 Å². The second-order valence-corrected chi connectivity index (χ2v) is 10.2. The summed E-state index contributed by atoms with van der Waals surface area (Å²) >= 11 is 0. The predicted molar refractivity (Wildman–Crippen MR) is 146 cm³/mol. The summed E-state index contributed by atoms with van der Waals surface area (Å²) < 4.78 is 14.0. The zero-order valence-corrected chi connectivity index (χ0v) is 20.8. The molecule has 0 N–H and O–H groups in total. The molecule has 2 aliphatic heterocycles. The van der Waals surface area contributed by atoms with Gasteiger partial charge in [-0.1, -0.05) is 121 Å². The Kier molecular flexibility index (Phi) is 6.49. The van der Waals surface area contributed by atoms with E-state index in [1.807, 2.05) is 0 Å². The fraction of sp³-hybridized carbons (Fsp3) is 0.250. The van der Waals surface area contributed by atoms with E-state index in [9.17, 15) is 0 Å². The Morgan fingerprint density at radius 1 is 0.806 bits per heavy atom. The average molecular weight is 473 g/mol. The zero-order chi connectivity index (χ0) is 24.4. The first kappa shape index (κ1) is 23.2. The molecule has 2 fully saturated rings. The van der Waals surface area contributed by atoms with Crippen molar-refractivity contribution in [1.82, 2.24) is 4.90 Å². The summed E-state index contributed by atoms with van der Waals surface area (Å²) in [4.78, 5) is 2.57. The molecule has 36 heavy (non-hydrogen) atoms. The van der Waals surface area contributed by atoms with Gasteiger partial charge >= 0.3 is 7.12 Å². The first-order valence-corrected chi connectivity index (χ1v) is 13.0. The average Bonchev–Trinajstić information content (AvgIpc) is 2.94. The van der Waals surface area contributed by atoms with E-state index in [0.29, 0.717) is 0 Å². The van der Waals surface area contributed by atoms with Gasteiger partial charge in [0.1, 0.15) is 0 Å². The van der Waals surface area contributed by atoms with E-state index in [4.69, 9.17) is 9.31 Å². The number of nitrogens with zero attached hydrogens (tertiary/aromatic N) is 1. The second-order valence-electron chi connectivity index (χ2n) is 10.2. The Morgan fingerprint density at radius 2 is 1.44 bits per heavy atom. The highest BCUT2D eigenvalue weighted by molar-refractivity contribution is 6.61. The number of hydrogen-bond acceptors (Lipinski definition) is 3. The summed E-state index contributed by atoms with van der Waals surface area (Å²) in [7, 11) is -0.423. The zero-order valence-electron chi connectivity index (χ0n) is 20.8. The van der Waals surface area contributed by atoms with Crippen molar-refractivity contribution in [3.8, 4) is 0 Å². The normalized spacial score (nSPS) is 24.3. The molecule has 2 heterocycles. The van der Waals surface area contributed by atoms with E-state index in [1.165, 1.54) is 22.3 Å². The monoisotopic (exact) mass is 473 g/mol. The molecule has 0 saturated carbocycles. The Labute approximate surface area is 214 Å². The third kappa shape index (κ3) is 4.53. The number of piperidine rings is 1. The van der Waals surface area contributed by atoms with E-state index in [2.05, 4.69) is 127 Å². The van der Waals surface area contributed by atoms with Crippen LogP contribution in [0.4, 0.5) is 0 Å². The second kappa shape index (κ2) is 10.1. The predicted octanol–water partition coefficient (Wildman–Crippen LogP) is 5.90. The highest BCUT2D eigenvalue weighted by Gasteiger charge is 2.55. The Bertz CT molecular complexity index is 1270. The number of likely N-dealkylation sites (tertiary alicyclic amines) is 1. The molecule has 0 bridgehead atoms. The van der Waals surface area contributed by atoms with Crippen LogP contribution in [-0.4, -0.2) is 25.1 Å². The minimum absolute atomic E-state index is 0.0787. The van der Waals surface area contributed by atoms with Crippen molar-refractivity contribution in [2.75, 3.05) is 13.1 Å². The van der Waals surface area contributed by atoms with Crippen LogP contribution < -0.4 is 5.46 Å². The summed E-state index contributed by atoms with van der Waals surface area (Å²) in [6.45, 7) is 4.93. The van der Waals surface area contributed by atoms with Crippen molar-refractivity contribution in [2.45, 2.75) is 31.6 Å². The maximum absolute atomic E-state index is 7.09. The Morgan fingerprint density at radius 3 is 2.14 bits per heavy atom. The summed E-state index contributed by atoms with van der Waals surface area (Å²) in [5.41, 5.74) is 5.68. The van der Waals surface area contributed by atoms with Crippen LogP contribution in [0.25, 0.3) is 0 Å². The fourth-order valence-electron chi connectivity index (χ4n) is 5.92. The lowest BCUT2D eigenvalue weighted by atomic mass is 9.65. The van der Waals surface area contributed by atoms with Crippen molar-refractivity contribution in [3.05, 3.63) is 138 Å². The molecule has 2 aliphatic rings. The maximum Gasteiger partial charge on any atom is 0.495 e. The fourth-order valence-corrected chi connectivity index (χ4v) is 5.92. The summed E-state index contributed by atoms with van der Waals surface area (Å²) in [6.07, 6.45) is 0.842. The number of benzene rings is 4. The molecule has 3 unspecified atom stereocenters. The van der Waals surface area contributed by atoms with Crippen LogP contribution in [0.15, 0.2) is 115 Å². The molecule has 6 rings (SSSR count). The van der Waals surface area contributed by atoms with Crippen LogP contribution in [0, 0.1) is 12.8 Å². The minimum Gasteiger partial charge on any atom is -0.400 e. The van der Waals surface area contributed by atoms with Gasteiger partial charge in [-0.2, -0.15) is 0 Å². The van der Waals surface area contributed by atoms with Crippen LogP contribution in [0.1, 0.15) is 34.8 Å². The number of rotatable bonds is 5. The van der Waals surface area contributed by atoms with Gasteiger partial charge in [-0.25, -0.2) is 0 Å². The van der Waals surface area contributed by atoms with Gasteiger partial charge in [-0.05, 0) is 35.5 Å². The largest absolute Gasteiger partial charge is 0.495 e. The van der Waals surface area contributed by atoms with Crippen molar-refractivity contribution < 1.29 is 9.31 Å². The number of fused-ring (bicyclic) bond motifs is 1. The van der Waals surface area contributed by atoms with E-state index < -0.39 is 12.7 Å². The summed E-state index contributed by atoms with van der Waals surface area (Å²) in [5.74, 6) is 0.154. The quantitative estimate of drug-likeness (QED) is 0.337. The topological polar surface area (TPSA) is 21.7 Å². The highest BCUT2D eigenvalue weighted by Crippen LogP contribution is 2.51. The third-order valence-electron chi connectivity index (χ3n) is 7.80. The molecule has 0 amide bonds. The lowest BCUT2D eigenvalue weighted by Crippen LogP contribution is -2.61. The highest BCUT2D eigenvalue weighted by atomic mass is 16.6. The van der Waals surface area contributed by atoms with Crippen molar-refractivity contribution in [3.63, 3.8) is 0 Å². The Hall–Kier alpha value is -3.18. The van der Waals surface area contributed by atoms with Crippen LogP contribution in [0.3, 0.4) is 0 Å². The molecule has 3 nitrogen and oxygen atoms in total. The molecular formula is C32H32BNO2. The molecule has 2 saturated heterocycles.